The van der Waals surface area contributed by atoms with Crippen molar-refractivity contribution in [2.24, 2.45) is 0 Å². The van der Waals surface area contributed by atoms with Crippen LogP contribution in [0.15, 0.2) is 9.27 Å². The molecule has 1 saturated carbocycles. The van der Waals surface area contributed by atoms with Gasteiger partial charge in [0.05, 0.1) is 5.69 Å². The third kappa shape index (κ3) is 2.71. The summed E-state index contributed by atoms with van der Waals surface area (Å²) in [6.07, 6.45) is 3.23. The van der Waals surface area contributed by atoms with E-state index in [1.807, 2.05) is 6.92 Å². The maximum Gasteiger partial charge on any atom is 0.265 e. The minimum absolute atomic E-state index is 0.105. The molecule has 5 heteroatoms. The van der Waals surface area contributed by atoms with Gasteiger partial charge in [-0.3, -0.25) is 4.79 Å². The van der Waals surface area contributed by atoms with Crippen LogP contribution in [0.3, 0.4) is 0 Å². The number of nitrogens with zero attached hydrogens (tertiary/aromatic N) is 1. The molecular formula is C11H15BrN2O2. The Morgan fingerprint density at radius 1 is 1.56 bits per heavy atom. The maximum absolute atomic E-state index is 11.6. The molecule has 1 aromatic rings. The van der Waals surface area contributed by atoms with Gasteiger partial charge in [0.15, 0.2) is 0 Å². The third-order valence-electron chi connectivity index (χ3n) is 2.49. The maximum atomic E-state index is 11.6. The van der Waals surface area contributed by atoms with Gasteiger partial charge in [0.1, 0.15) is 16.9 Å². The minimum atomic E-state index is -0.105. The molecule has 0 aliphatic heterocycles. The zero-order chi connectivity index (χ0) is 11.5. The molecule has 0 bridgehead atoms. The average Bonchev–Trinajstić information content (AvgIpc) is 3.07. The van der Waals surface area contributed by atoms with Crippen LogP contribution in [-0.2, 0) is 11.3 Å². The van der Waals surface area contributed by atoms with Gasteiger partial charge in [-0.2, -0.15) is 0 Å². The molecule has 0 atom stereocenters. The van der Waals surface area contributed by atoms with Gasteiger partial charge in [0.2, 0.25) is 0 Å². The second kappa shape index (κ2) is 5.10. The van der Waals surface area contributed by atoms with Gasteiger partial charge in [-0.05, 0) is 35.2 Å². The van der Waals surface area contributed by atoms with E-state index in [1.165, 1.54) is 0 Å². The molecule has 1 fully saturated rings. The summed E-state index contributed by atoms with van der Waals surface area (Å²) >= 11 is 3.29. The highest BCUT2D eigenvalue weighted by atomic mass is 79.9. The molecule has 0 unspecified atom stereocenters. The van der Waals surface area contributed by atoms with E-state index in [2.05, 4.69) is 25.9 Å². The van der Waals surface area contributed by atoms with E-state index in [0.717, 1.165) is 25.0 Å². The lowest BCUT2D eigenvalue weighted by Gasteiger charge is -2.06. The highest BCUT2D eigenvalue weighted by Gasteiger charge is 2.28. The number of ether oxygens (including phenoxy) is 1. The van der Waals surface area contributed by atoms with Gasteiger partial charge in [-0.25, -0.2) is 4.98 Å². The van der Waals surface area contributed by atoms with E-state index < -0.39 is 0 Å². The first-order chi connectivity index (χ1) is 7.72. The Hall–Kier alpha value is -0.680. The molecular weight excluding hydrogens is 272 g/mol. The van der Waals surface area contributed by atoms with Crippen molar-refractivity contribution in [3.8, 4) is 0 Å². The Labute approximate surface area is 103 Å². The SMILES string of the molecule is CCCOCc1nc(C2CC2)c(Br)c(=O)[nH]1. The summed E-state index contributed by atoms with van der Waals surface area (Å²) in [5.74, 6) is 1.09. The van der Waals surface area contributed by atoms with Crippen molar-refractivity contribution >= 4 is 15.9 Å². The first kappa shape index (κ1) is 11.8. The summed E-state index contributed by atoms with van der Waals surface area (Å²) in [5.41, 5.74) is 0.783. The quantitative estimate of drug-likeness (QED) is 0.846. The van der Waals surface area contributed by atoms with E-state index >= 15 is 0 Å². The Kier molecular flexibility index (Phi) is 3.76. The average molecular weight is 287 g/mol. The summed E-state index contributed by atoms with van der Waals surface area (Å²) < 4.78 is 5.95. The highest BCUT2D eigenvalue weighted by molar-refractivity contribution is 9.10. The fourth-order valence-electron chi connectivity index (χ4n) is 1.53. The van der Waals surface area contributed by atoms with Crippen molar-refractivity contribution in [1.29, 1.82) is 0 Å². The van der Waals surface area contributed by atoms with Crippen molar-refractivity contribution in [3.05, 3.63) is 26.3 Å². The van der Waals surface area contributed by atoms with Crippen LogP contribution in [0.25, 0.3) is 0 Å². The summed E-state index contributed by atoms with van der Waals surface area (Å²) in [5, 5.41) is 0. The van der Waals surface area contributed by atoms with E-state index in [0.29, 0.717) is 29.4 Å². The largest absolute Gasteiger partial charge is 0.374 e. The van der Waals surface area contributed by atoms with Crippen LogP contribution in [0.4, 0.5) is 0 Å². The monoisotopic (exact) mass is 286 g/mol. The smallest absolute Gasteiger partial charge is 0.265 e. The number of H-pyrrole nitrogens is 1. The molecule has 2 rings (SSSR count). The van der Waals surface area contributed by atoms with Crippen LogP contribution in [0, 0.1) is 0 Å². The first-order valence-electron chi connectivity index (χ1n) is 5.58. The summed E-state index contributed by atoms with van der Waals surface area (Å²) in [4.78, 5) is 18.8. The molecule has 0 spiro atoms. The number of aromatic nitrogens is 2. The highest BCUT2D eigenvalue weighted by Crippen LogP contribution is 2.41. The van der Waals surface area contributed by atoms with Crippen LogP contribution in [0.2, 0.25) is 0 Å². The third-order valence-corrected chi connectivity index (χ3v) is 3.26. The van der Waals surface area contributed by atoms with Crippen LogP contribution in [-0.4, -0.2) is 16.6 Å². The fourth-order valence-corrected chi connectivity index (χ4v) is 2.05. The van der Waals surface area contributed by atoms with Gasteiger partial charge in [-0.15, -0.1) is 0 Å². The Balaban J connectivity index is 2.16. The van der Waals surface area contributed by atoms with Gasteiger partial charge in [0.25, 0.3) is 5.56 Å². The number of hydrogen-bond donors (Lipinski definition) is 1. The van der Waals surface area contributed by atoms with Crippen molar-refractivity contribution in [2.75, 3.05) is 6.61 Å². The second-order valence-corrected chi connectivity index (χ2v) is 4.83. The van der Waals surface area contributed by atoms with E-state index in [9.17, 15) is 4.79 Å². The number of nitrogens with one attached hydrogen (secondary N) is 1. The molecule has 0 aromatic carbocycles. The zero-order valence-corrected chi connectivity index (χ0v) is 10.8. The molecule has 0 radical (unpaired) electrons. The predicted molar refractivity (Wildman–Crippen MR) is 64.5 cm³/mol. The van der Waals surface area contributed by atoms with E-state index in [4.69, 9.17) is 4.74 Å². The van der Waals surface area contributed by atoms with Crippen LogP contribution in [0.1, 0.15) is 43.6 Å². The number of hydrogen-bond acceptors (Lipinski definition) is 3. The molecule has 16 heavy (non-hydrogen) atoms. The molecule has 1 aliphatic rings. The lowest BCUT2D eigenvalue weighted by molar-refractivity contribution is 0.115. The van der Waals surface area contributed by atoms with Crippen LogP contribution < -0.4 is 5.56 Å². The van der Waals surface area contributed by atoms with E-state index in [-0.39, 0.29) is 5.56 Å². The zero-order valence-electron chi connectivity index (χ0n) is 9.25. The van der Waals surface area contributed by atoms with Gasteiger partial charge >= 0.3 is 0 Å². The lowest BCUT2D eigenvalue weighted by Crippen LogP contribution is -2.16. The summed E-state index contributed by atoms with van der Waals surface area (Å²) in [6, 6.07) is 0. The minimum Gasteiger partial charge on any atom is -0.374 e. The molecule has 1 aliphatic carbocycles. The molecule has 0 amide bonds. The van der Waals surface area contributed by atoms with Crippen molar-refractivity contribution in [3.63, 3.8) is 0 Å². The first-order valence-corrected chi connectivity index (χ1v) is 6.38. The summed E-state index contributed by atoms with van der Waals surface area (Å²) in [7, 11) is 0. The predicted octanol–water partition coefficient (Wildman–Crippen LogP) is 2.34. The van der Waals surface area contributed by atoms with E-state index in [1.54, 1.807) is 0 Å². The summed E-state index contributed by atoms with van der Waals surface area (Å²) in [6.45, 7) is 3.13. The Morgan fingerprint density at radius 2 is 2.31 bits per heavy atom. The van der Waals surface area contributed by atoms with Crippen molar-refractivity contribution < 1.29 is 4.74 Å². The number of rotatable bonds is 5. The van der Waals surface area contributed by atoms with Gasteiger partial charge in [-0.1, -0.05) is 6.92 Å². The van der Waals surface area contributed by atoms with Crippen molar-refractivity contribution in [1.82, 2.24) is 9.97 Å². The van der Waals surface area contributed by atoms with Gasteiger partial charge < -0.3 is 9.72 Å². The van der Waals surface area contributed by atoms with Crippen LogP contribution >= 0.6 is 15.9 Å². The normalized spacial score (nSPS) is 15.4. The Bertz CT molecular complexity index is 426. The molecule has 88 valence electrons. The Morgan fingerprint density at radius 3 is 2.94 bits per heavy atom. The molecule has 1 heterocycles. The number of aromatic amines is 1. The molecule has 1 aromatic heterocycles. The molecule has 4 nitrogen and oxygen atoms in total. The molecule has 1 N–H and O–H groups in total. The van der Waals surface area contributed by atoms with Gasteiger partial charge in [0, 0.05) is 12.5 Å². The van der Waals surface area contributed by atoms with Crippen LogP contribution in [0.5, 0.6) is 0 Å². The molecule has 0 saturated heterocycles. The lowest BCUT2D eigenvalue weighted by atomic mass is 10.3. The second-order valence-electron chi connectivity index (χ2n) is 4.04. The topological polar surface area (TPSA) is 55.0 Å². The standard InChI is InChI=1S/C11H15BrN2O2/c1-2-5-16-6-8-13-10(7-3-4-7)9(12)11(15)14-8/h7H,2-6H2,1H3,(H,13,14,15). The number of halogens is 1. The fraction of sp³-hybridized carbons (Fsp3) is 0.636. The van der Waals surface area contributed by atoms with Crippen molar-refractivity contribution in [2.45, 2.75) is 38.7 Å².